The maximum absolute atomic E-state index is 5.86. The van der Waals surface area contributed by atoms with E-state index in [4.69, 9.17) is 11.6 Å². The number of hydrogen-bond acceptors (Lipinski definition) is 2. The quantitative estimate of drug-likeness (QED) is 0.644. The second kappa shape index (κ2) is 2.78. The predicted octanol–water partition coefficient (Wildman–Crippen LogP) is 2.40. The van der Waals surface area contributed by atoms with Crippen LogP contribution in [0.4, 0.5) is 0 Å². The van der Waals surface area contributed by atoms with Crippen LogP contribution < -0.4 is 0 Å². The molecule has 1 aliphatic rings. The molecular weight excluding hydrogens is 160 g/mol. The SMILES string of the molecule is Clc1nnccc1C1CCC1. The Morgan fingerprint density at radius 2 is 2.27 bits per heavy atom. The van der Waals surface area contributed by atoms with Crippen molar-refractivity contribution in [2.75, 3.05) is 0 Å². The molecule has 1 aromatic rings. The zero-order valence-corrected chi connectivity index (χ0v) is 6.88. The van der Waals surface area contributed by atoms with E-state index < -0.39 is 0 Å². The van der Waals surface area contributed by atoms with Gasteiger partial charge in [-0.25, -0.2) is 0 Å². The van der Waals surface area contributed by atoms with Crippen molar-refractivity contribution in [1.82, 2.24) is 10.2 Å². The third kappa shape index (κ3) is 1.23. The largest absolute Gasteiger partial charge is 0.158 e. The Bertz CT molecular complexity index is 258. The molecule has 0 aromatic carbocycles. The van der Waals surface area contributed by atoms with Crippen molar-refractivity contribution in [3.05, 3.63) is 23.0 Å². The molecule has 0 N–H and O–H groups in total. The Hall–Kier alpha value is -0.630. The molecule has 0 radical (unpaired) electrons. The van der Waals surface area contributed by atoms with Crippen LogP contribution in [0.1, 0.15) is 30.7 Å². The molecule has 1 aromatic heterocycles. The molecule has 0 spiro atoms. The monoisotopic (exact) mass is 168 g/mol. The fraction of sp³-hybridized carbons (Fsp3) is 0.500. The minimum absolute atomic E-state index is 0.581. The summed E-state index contributed by atoms with van der Waals surface area (Å²) in [6, 6.07) is 1.97. The molecule has 3 heteroatoms. The zero-order valence-electron chi connectivity index (χ0n) is 6.13. The fourth-order valence-corrected chi connectivity index (χ4v) is 1.61. The molecule has 0 amide bonds. The Labute approximate surface area is 70.6 Å². The van der Waals surface area contributed by atoms with Crippen LogP contribution in [0.15, 0.2) is 12.3 Å². The lowest BCUT2D eigenvalue weighted by Gasteiger charge is -2.25. The van der Waals surface area contributed by atoms with Crippen LogP contribution in [0.5, 0.6) is 0 Å². The Morgan fingerprint density at radius 1 is 1.45 bits per heavy atom. The van der Waals surface area contributed by atoms with Crippen molar-refractivity contribution < 1.29 is 0 Å². The van der Waals surface area contributed by atoms with Crippen LogP contribution in [0, 0.1) is 0 Å². The summed E-state index contributed by atoms with van der Waals surface area (Å²) < 4.78 is 0. The van der Waals surface area contributed by atoms with Crippen molar-refractivity contribution >= 4 is 11.6 Å². The number of halogens is 1. The number of rotatable bonds is 1. The van der Waals surface area contributed by atoms with Gasteiger partial charge in [-0.05, 0) is 30.4 Å². The molecule has 11 heavy (non-hydrogen) atoms. The number of nitrogens with zero attached hydrogens (tertiary/aromatic N) is 2. The summed E-state index contributed by atoms with van der Waals surface area (Å²) in [5.41, 5.74) is 1.17. The van der Waals surface area contributed by atoms with E-state index in [9.17, 15) is 0 Å². The highest BCUT2D eigenvalue weighted by molar-refractivity contribution is 6.30. The first-order valence-electron chi connectivity index (χ1n) is 3.85. The van der Waals surface area contributed by atoms with Crippen LogP contribution in [-0.2, 0) is 0 Å². The minimum Gasteiger partial charge on any atom is -0.158 e. The van der Waals surface area contributed by atoms with E-state index in [1.807, 2.05) is 6.07 Å². The van der Waals surface area contributed by atoms with Gasteiger partial charge in [-0.1, -0.05) is 18.0 Å². The first-order chi connectivity index (χ1) is 5.38. The van der Waals surface area contributed by atoms with Crippen molar-refractivity contribution in [2.45, 2.75) is 25.2 Å². The first kappa shape index (κ1) is 7.04. The molecular formula is C8H9ClN2. The molecule has 58 valence electrons. The Morgan fingerprint density at radius 3 is 2.82 bits per heavy atom. The van der Waals surface area contributed by atoms with Crippen LogP contribution >= 0.6 is 11.6 Å². The van der Waals surface area contributed by atoms with Gasteiger partial charge in [0.15, 0.2) is 5.15 Å². The summed E-state index contributed by atoms with van der Waals surface area (Å²) in [4.78, 5) is 0. The lowest BCUT2D eigenvalue weighted by Crippen LogP contribution is -2.09. The average molecular weight is 169 g/mol. The van der Waals surface area contributed by atoms with Gasteiger partial charge in [-0.2, -0.15) is 5.10 Å². The third-order valence-electron chi connectivity index (χ3n) is 2.25. The van der Waals surface area contributed by atoms with Gasteiger partial charge >= 0.3 is 0 Å². The average Bonchev–Trinajstić information content (AvgIpc) is 1.90. The predicted molar refractivity (Wildman–Crippen MR) is 43.6 cm³/mol. The maximum Gasteiger partial charge on any atom is 0.155 e. The van der Waals surface area contributed by atoms with E-state index in [2.05, 4.69) is 10.2 Å². The van der Waals surface area contributed by atoms with Crippen LogP contribution in [-0.4, -0.2) is 10.2 Å². The number of hydrogen-bond donors (Lipinski definition) is 0. The molecule has 0 saturated heterocycles. The smallest absolute Gasteiger partial charge is 0.155 e. The number of aromatic nitrogens is 2. The zero-order chi connectivity index (χ0) is 7.68. The summed E-state index contributed by atoms with van der Waals surface area (Å²) >= 11 is 5.86. The van der Waals surface area contributed by atoms with E-state index in [0.29, 0.717) is 11.1 Å². The van der Waals surface area contributed by atoms with Gasteiger partial charge in [0.1, 0.15) is 0 Å². The lowest BCUT2D eigenvalue weighted by molar-refractivity contribution is 0.418. The van der Waals surface area contributed by atoms with Gasteiger partial charge < -0.3 is 0 Å². The standard InChI is InChI=1S/C8H9ClN2/c9-8-7(4-5-10-11-8)6-2-1-3-6/h4-6H,1-3H2. The summed E-state index contributed by atoms with van der Waals surface area (Å²) in [6.07, 6.45) is 5.54. The first-order valence-corrected chi connectivity index (χ1v) is 4.23. The fourth-order valence-electron chi connectivity index (χ4n) is 1.35. The van der Waals surface area contributed by atoms with Gasteiger partial charge in [0, 0.05) is 6.20 Å². The van der Waals surface area contributed by atoms with E-state index >= 15 is 0 Å². The van der Waals surface area contributed by atoms with Gasteiger partial charge in [0.25, 0.3) is 0 Å². The van der Waals surface area contributed by atoms with Gasteiger partial charge in [-0.15, -0.1) is 5.10 Å². The molecule has 2 rings (SSSR count). The highest BCUT2D eigenvalue weighted by atomic mass is 35.5. The maximum atomic E-state index is 5.86. The van der Waals surface area contributed by atoms with E-state index in [-0.39, 0.29) is 0 Å². The molecule has 0 bridgehead atoms. The molecule has 1 heterocycles. The van der Waals surface area contributed by atoms with Crippen molar-refractivity contribution in [2.24, 2.45) is 0 Å². The van der Waals surface area contributed by atoms with E-state index in [0.717, 1.165) is 0 Å². The van der Waals surface area contributed by atoms with Gasteiger partial charge in [-0.3, -0.25) is 0 Å². The molecule has 0 atom stereocenters. The van der Waals surface area contributed by atoms with Crippen molar-refractivity contribution in [1.29, 1.82) is 0 Å². The molecule has 1 fully saturated rings. The second-order valence-electron chi connectivity index (χ2n) is 2.91. The summed E-state index contributed by atoms with van der Waals surface area (Å²) in [7, 11) is 0. The summed E-state index contributed by atoms with van der Waals surface area (Å²) in [6.45, 7) is 0. The second-order valence-corrected chi connectivity index (χ2v) is 3.26. The summed E-state index contributed by atoms with van der Waals surface area (Å²) in [5, 5.41) is 8.08. The summed E-state index contributed by atoms with van der Waals surface area (Å²) in [5.74, 6) is 0.651. The lowest BCUT2D eigenvalue weighted by atomic mass is 9.81. The molecule has 1 aliphatic carbocycles. The highest BCUT2D eigenvalue weighted by Crippen LogP contribution is 2.38. The Balaban J connectivity index is 2.28. The molecule has 1 saturated carbocycles. The molecule has 2 nitrogen and oxygen atoms in total. The third-order valence-corrected chi connectivity index (χ3v) is 2.54. The molecule has 0 aliphatic heterocycles. The van der Waals surface area contributed by atoms with E-state index in [1.165, 1.54) is 24.8 Å². The minimum atomic E-state index is 0.581. The van der Waals surface area contributed by atoms with Gasteiger partial charge in [0.2, 0.25) is 0 Å². The normalized spacial score (nSPS) is 17.9. The van der Waals surface area contributed by atoms with Gasteiger partial charge in [0.05, 0.1) is 0 Å². The van der Waals surface area contributed by atoms with Crippen LogP contribution in [0.2, 0.25) is 5.15 Å². The van der Waals surface area contributed by atoms with Crippen molar-refractivity contribution in [3.8, 4) is 0 Å². The van der Waals surface area contributed by atoms with E-state index in [1.54, 1.807) is 6.20 Å². The van der Waals surface area contributed by atoms with Crippen LogP contribution in [0.3, 0.4) is 0 Å². The Kier molecular flexibility index (Phi) is 1.78. The molecule has 0 unspecified atom stereocenters. The van der Waals surface area contributed by atoms with Crippen LogP contribution in [0.25, 0.3) is 0 Å². The highest BCUT2D eigenvalue weighted by Gasteiger charge is 2.21. The van der Waals surface area contributed by atoms with Crippen molar-refractivity contribution in [3.63, 3.8) is 0 Å². The topological polar surface area (TPSA) is 25.8 Å².